The number of amides is 1. The number of rotatable bonds is 2. The van der Waals surface area contributed by atoms with Crippen molar-refractivity contribution in [3.8, 4) is 0 Å². The van der Waals surface area contributed by atoms with Crippen LogP contribution in [0.5, 0.6) is 0 Å². The number of hydrogen-bond acceptors (Lipinski definition) is 2. The lowest BCUT2D eigenvalue weighted by Gasteiger charge is -2.32. The highest BCUT2D eigenvalue weighted by Gasteiger charge is 2.35. The first-order chi connectivity index (χ1) is 8.53. The first-order valence-corrected chi connectivity index (χ1v) is 6.78. The largest absolute Gasteiger partial charge is 0.322 e. The van der Waals surface area contributed by atoms with Crippen molar-refractivity contribution in [1.29, 1.82) is 0 Å². The van der Waals surface area contributed by atoms with Crippen LogP contribution in [0.15, 0.2) is 22.7 Å². The predicted molar refractivity (Wildman–Crippen MR) is 72.9 cm³/mol. The quantitative estimate of drug-likeness (QED) is 0.881. The molecular formula is C13H16BrFN2O. The molecule has 2 rings (SSSR count). The van der Waals surface area contributed by atoms with E-state index in [2.05, 4.69) is 26.6 Å². The zero-order chi connectivity index (χ0) is 13.2. The summed E-state index contributed by atoms with van der Waals surface area (Å²) < 4.78 is 14.2. The molecule has 3 nitrogen and oxygen atoms in total. The maximum atomic E-state index is 13.6. The third-order valence-corrected chi connectivity index (χ3v) is 4.12. The number of benzene rings is 1. The van der Waals surface area contributed by atoms with E-state index < -0.39 is 11.2 Å². The van der Waals surface area contributed by atoms with Gasteiger partial charge in [-0.1, -0.05) is 13.0 Å². The van der Waals surface area contributed by atoms with Crippen LogP contribution in [-0.4, -0.2) is 19.0 Å². The number of para-hydroxylation sites is 1. The van der Waals surface area contributed by atoms with Gasteiger partial charge in [0.1, 0.15) is 5.82 Å². The molecule has 1 heterocycles. The molecule has 1 aromatic carbocycles. The van der Waals surface area contributed by atoms with Crippen LogP contribution >= 0.6 is 15.9 Å². The molecule has 0 atom stereocenters. The monoisotopic (exact) mass is 314 g/mol. The minimum atomic E-state index is -0.424. The molecule has 0 radical (unpaired) electrons. The van der Waals surface area contributed by atoms with E-state index in [1.807, 2.05) is 6.92 Å². The lowest BCUT2D eigenvalue weighted by molar-refractivity contribution is -0.126. The van der Waals surface area contributed by atoms with E-state index in [4.69, 9.17) is 0 Å². The zero-order valence-corrected chi connectivity index (χ0v) is 11.8. The standard InChI is InChI=1S/C13H16BrFN2O/c1-13(5-7-16-8-6-13)12(18)17-11-9(14)3-2-4-10(11)15/h2-4,16H,5-8H2,1H3,(H,17,18). The number of nitrogens with one attached hydrogen (secondary N) is 2. The van der Waals surface area contributed by atoms with E-state index in [1.54, 1.807) is 12.1 Å². The summed E-state index contributed by atoms with van der Waals surface area (Å²) in [7, 11) is 0. The molecule has 1 fully saturated rings. The van der Waals surface area contributed by atoms with Crippen molar-refractivity contribution in [2.75, 3.05) is 18.4 Å². The Morgan fingerprint density at radius 2 is 2.11 bits per heavy atom. The van der Waals surface area contributed by atoms with Gasteiger partial charge in [-0.15, -0.1) is 0 Å². The van der Waals surface area contributed by atoms with Crippen LogP contribution in [0.1, 0.15) is 19.8 Å². The molecule has 0 bridgehead atoms. The van der Waals surface area contributed by atoms with Gasteiger partial charge in [-0.05, 0) is 54.0 Å². The minimum absolute atomic E-state index is 0.116. The van der Waals surface area contributed by atoms with Crippen molar-refractivity contribution >= 4 is 27.5 Å². The summed E-state index contributed by atoms with van der Waals surface area (Å²) in [6.45, 7) is 3.57. The molecule has 1 aromatic rings. The second-order valence-corrected chi connectivity index (χ2v) is 5.72. The highest BCUT2D eigenvalue weighted by Crippen LogP contribution is 2.32. The normalized spacial score (nSPS) is 18.4. The van der Waals surface area contributed by atoms with E-state index in [0.717, 1.165) is 25.9 Å². The maximum Gasteiger partial charge on any atom is 0.230 e. The first kappa shape index (κ1) is 13.5. The Morgan fingerprint density at radius 1 is 1.44 bits per heavy atom. The van der Waals surface area contributed by atoms with Crippen molar-refractivity contribution in [3.63, 3.8) is 0 Å². The lowest BCUT2D eigenvalue weighted by atomic mass is 9.80. The zero-order valence-electron chi connectivity index (χ0n) is 10.2. The molecule has 5 heteroatoms. The molecule has 0 aromatic heterocycles. The van der Waals surface area contributed by atoms with Gasteiger partial charge in [-0.25, -0.2) is 4.39 Å². The SMILES string of the molecule is CC1(C(=O)Nc2c(F)cccc2Br)CCNCC1. The summed E-state index contributed by atoms with van der Waals surface area (Å²) in [6.07, 6.45) is 1.54. The van der Waals surface area contributed by atoms with Gasteiger partial charge >= 0.3 is 0 Å². The average Bonchev–Trinajstić information content (AvgIpc) is 2.34. The fraction of sp³-hybridized carbons (Fsp3) is 0.462. The van der Waals surface area contributed by atoms with Crippen LogP contribution in [0.3, 0.4) is 0 Å². The number of halogens is 2. The van der Waals surface area contributed by atoms with Crippen molar-refractivity contribution in [3.05, 3.63) is 28.5 Å². The van der Waals surface area contributed by atoms with Gasteiger partial charge in [-0.2, -0.15) is 0 Å². The highest BCUT2D eigenvalue weighted by atomic mass is 79.9. The Hall–Kier alpha value is -0.940. The van der Waals surface area contributed by atoms with Crippen molar-refractivity contribution in [2.45, 2.75) is 19.8 Å². The number of carbonyl (C=O) groups excluding carboxylic acids is 1. The lowest BCUT2D eigenvalue weighted by Crippen LogP contribution is -2.43. The molecule has 1 saturated heterocycles. The van der Waals surface area contributed by atoms with E-state index in [0.29, 0.717) is 4.47 Å². The third kappa shape index (κ3) is 2.72. The maximum absolute atomic E-state index is 13.6. The van der Waals surface area contributed by atoms with Crippen LogP contribution in [0.2, 0.25) is 0 Å². The summed E-state index contributed by atoms with van der Waals surface area (Å²) in [4.78, 5) is 12.3. The van der Waals surface area contributed by atoms with Gasteiger partial charge in [0, 0.05) is 9.89 Å². The number of piperidine rings is 1. The summed E-state index contributed by atoms with van der Waals surface area (Å²) >= 11 is 3.25. The summed E-state index contributed by atoms with van der Waals surface area (Å²) in [6, 6.07) is 4.65. The smallest absolute Gasteiger partial charge is 0.230 e. The Labute approximate surface area is 114 Å². The highest BCUT2D eigenvalue weighted by molar-refractivity contribution is 9.10. The molecule has 1 amide bonds. The van der Waals surface area contributed by atoms with Crippen molar-refractivity contribution < 1.29 is 9.18 Å². The summed E-state index contributed by atoms with van der Waals surface area (Å²) in [5, 5.41) is 5.92. The van der Waals surface area contributed by atoms with Crippen LogP contribution < -0.4 is 10.6 Å². The van der Waals surface area contributed by atoms with Crippen molar-refractivity contribution in [2.24, 2.45) is 5.41 Å². The molecule has 0 saturated carbocycles. The number of anilines is 1. The molecule has 98 valence electrons. The Bertz CT molecular complexity index is 438. The topological polar surface area (TPSA) is 41.1 Å². The van der Waals surface area contributed by atoms with Gasteiger partial charge in [0.25, 0.3) is 0 Å². The molecule has 1 aliphatic heterocycles. The van der Waals surface area contributed by atoms with Crippen LogP contribution in [-0.2, 0) is 4.79 Å². The van der Waals surface area contributed by atoms with Crippen LogP contribution in [0, 0.1) is 11.2 Å². The molecule has 0 spiro atoms. The second kappa shape index (κ2) is 5.36. The van der Waals surface area contributed by atoms with Gasteiger partial charge in [0.2, 0.25) is 5.91 Å². The Balaban J connectivity index is 2.16. The predicted octanol–water partition coefficient (Wildman–Crippen LogP) is 2.92. The molecule has 1 aliphatic rings. The van der Waals surface area contributed by atoms with Crippen LogP contribution in [0.25, 0.3) is 0 Å². The first-order valence-electron chi connectivity index (χ1n) is 5.99. The van der Waals surface area contributed by atoms with Gasteiger partial charge < -0.3 is 10.6 Å². The molecule has 0 aliphatic carbocycles. The molecule has 18 heavy (non-hydrogen) atoms. The fourth-order valence-electron chi connectivity index (χ4n) is 2.09. The summed E-state index contributed by atoms with van der Waals surface area (Å²) in [5.41, 5.74) is -0.199. The molecule has 0 unspecified atom stereocenters. The van der Waals surface area contributed by atoms with E-state index in [9.17, 15) is 9.18 Å². The molecule has 2 N–H and O–H groups in total. The van der Waals surface area contributed by atoms with E-state index in [-0.39, 0.29) is 11.6 Å². The van der Waals surface area contributed by atoms with Gasteiger partial charge in [0.15, 0.2) is 0 Å². The minimum Gasteiger partial charge on any atom is -0.322 e. The Kier molecular flexibility index (Phi) is 4.02. The molecular weight excluding hydrogens is 299 g/mol. The van der Waals surface area contributed by atoms with Gasteiger partial charge in [0.05, 0.1) is 5.69 Å². The van der Waals surface area contributed by atoms with Gasteiger partial charge in [-0.3, -0.25) is 4.79 Å². The third-order valence-electron chi connectivity index (χ3n) is 3.46. The number of carbonyl (C=O) groups is 1. The Morgan fingerprint density at radius 3 is 2.72 bits per heavy atom. The second-order valence-electron chi connectivity index (χ2n) is 4.86. The number of hydrogen-bond donors (Lipinski definition) is 2. The van der Waals surface area contributed by atoms with Crippen LogP contribution in [0.4, 0.5) is 10.1 Å². The van der Waals surface area contributed by atoms with E-state index >= 15 is 0 Å². The fourth-order valence-corrected chi connectivity index (χ4v) is 2.53. The summed E-state index contributed by atoms with van der Waals surface area (Å²) in [5.74, 6) is -0.537. The van der Waals surface area contributed by atoms with Crippen molar-refractivity contribution in [1.82, 2.24) is 5.32 Å². The average molecular weight is 315 g/mol. The van der Waals surface area contributed by atoms with E-state index in [1.165, 1.54) is 6.07 Å².